The summed E-state index contributed by atoms with van der Waals surface area (Å²) in [6.07, 6.45) is 19.9. The van der Waals surface area contributed by atoms with Crippen molar-refractivity contribution in [3.8, 4) is 0 Å². The van der Waals surface area contributed by atoms with E-state index in [0.717, 1.165) is 29.7 Å². The summed E-state index contributed by atoms with van der Waals surface area (Å²) in [6, 6.07) is 12.7. The Morgan fingerprint density at radius 3 is 2.67 bits per heavy atom. The fraction of sp³-hybridized carbons (Fsp3) is 0.500. The summed E-state index contributed by atoms with van der Waals surface area (Å²) in [5, 5.41) is 0. The topological polar surface area (TPSA) is 39.9 Å². The zero-order valence-electron chi connectivity index (χ0n) is 21.6. The van der Waals surface area contributed by atoms with Crippen LogP contribution in [0.1, 0.15) is 64.4 Å². The Morgan fingerprint density at radius 2 is 1.78 bits per heavy atom. The molecule has 36 heavy (non-hydrogen) atoms. The van der Waals surface area contributed by atoms with E-state index >= 15 is 0 Å². The first kappa shape index (κ1) is 22.5. The third-order valence-electron chi connectivity index (χ3n) is 10.5. The minimum absolute atomic E-state index is 0.233. The Labute approximate surface area is 214 Å². The average Bonchev–Trinajstić information content (AvgIpc) is 3.48. The highest BCUT2D eigenvalue weighted by Crippen LogP contribution is 2.65. The third-order valence-corrected chi connectivity index (χ3v) is 10.5. The van der Waals surface area contributed by atoms with Crippen LogP contribution in [-0.2, 0) is 11.3 Å². The second-order valence-electron chi connectivity index (χ2n) is 12.2. The number of fused-ring (bicyclic) bond motifs is 6. The van der Waals surface area contributed by atoms with Crippen molar-refractivity contribution in [3.05, 3.63) is 78.4 Å². The van der Waals surface area contributed by atoms with Crippen molar-refractivity contribution in [1.82, 2.24) is 14.5 Å². The van der Waals surface area contributed by atoms with Gasteiger partial charge in [0.25, 0.3) is 0 Å². The van der Waals surface area contributed by atoms with Crippen LogP contribution in [-0.4, -0.2) is 20.6 Å². The van der Waals surface area contributed by atoms with Gasteiger partial charge in [-0.25, -0.2) is 4.98 Å². The fourth-order valence-corrected chi connectivity index (χ4v) is 8.53. The molecule has 186 valence electrons. The minimum Gasteiger partial charge on any atom is -0.373 e. The van der Waals surface area contributed by atoms with Crippen molar-refractivity contribution in [2.75, 3.05) is 0 Å². The van der Waals surface area contributed by atoms with Gasteiger partial charge in [0, 0.05) is 23.5 Å². The molecule has 7 rings (SSSR count). The fourth-order valence-electron chi connectivity index (χ4n) is 8.53. The van der Waals surface area contributed by atoms with E-state index in [9.17, 15) is 0 Å². The van der Waals surface area contributed by atoms with E-state index in [0.29, 0.717) is 18.1 Å². The molecule has 2 fully saturated rings. The lowest BCUT2D eigenvalue weighted by atomic mass is 9.47. The van der Waals surface area contributed by atoms with Gasteiger partial charge in [-0.3, -0.25) is 4.98 Å². The Hall–Kier alpha value is -2.72. The summed E-state index contributed by atoms with van der Waals surface area (Å²) in [5.74, 6) is 2.29. The van der Waals surface area contributed by atoms with Crippen LogP contribution < -0.4 is 0 Å². The number of rotatable bonds is 4. The Bertz CT molecular complexity index is 1340. The highest BCUT2D eigenvalue weighted by Gasteiger charge is 2.57. The SMILES string of the molecule is C[C@]12CCC(OCc3ccncc3)CC1=CCC1C2CC[C@]2(C)C(n3cnc4ccccc43)=CCC12. The third kappa shape index (κ3) is 3.37. The molecule has 0 aliphatic heterocycles. The summed E-state index contributed by atoms with van der Waals surface area (Å²) >= 11 is 0. The highest BCUT2D eigenvalue weighted by atomic mass is 16.5. The van der Waals surface area contributed by atoms with E-state index in [1.165, 1.54) is 55.3 Å². The quantitative estimate of drug-likeness (QED) is 0.365. The number of ether oxygens (including phenoxy) is 1. The predicted octanol–water partition coefficient (Wildman–Crippen LogP) is 7.43. The molecular weight excluding hydrogens is 442 g/mol. The van der Waals surface area contributed by atoms with Crippen LogP contribution in [0, 0.1) is 28.6 Å². The summed E-state index contributed by atoms with van der Waals surface area (Å²) in [5.41, 5.74) is 7.31. The van der Waals surface area contributed by atoms with Gasteiger partial charge in [0.2, 0.25) is 0 Å². The number of benzene rings is 1. The molecule has 3 aromatic rings. The van der Waals surface area contributed by atoms with E-state index < -0.39 is 0 Å². The van der Waals surface area contributed by atoms with Crippen LogP contribution in [0.25, 0.3) is 16.7 Å². The van der Waals surface area contributed by atoms with E-state index in [2.05, 4.69) is 78.3 Å². The standard InChI is InChI=1S/C32H37N3O/c1-31-15-11-24(36-20-22-13-17-33-18-14-22)19-23(31)7-8-25-26-9-10-30(32(26,2)16-12-27(25)31)35-21-34-28-5-3-4-6-29(28)35/h3-7,10,13-14,17-18,21,24-27H,8-9,11-12,15-16,19-20H2,1-2H3/t24?,25?,26?,27?,31-,32-/m0/s1. The number of hydrogen-bond acceptors (Lipinski definition) is 3. The minimum atomic E-state index is 0.233. The number of nitrogens with zero attached hydrogens (tertiary/aromatic N) is 3. The molecule has 0 N–H and O–H groups in total. The predicted molar refractivity (Wildman–Crippen MR) is 144 cm³/mol. The van der Waals surface area contributed by atoms with Gasteiger partial charge in [-0.05, 0) is 97.9 Å². The number of aromatic nitrogens is 3. The van der Waals surface area contributed by atoms with Gasteiger partial charge in [-0.2, -0.15) is 0 Å². The maximum atomic E-state index is 6.39. The zero-order valence-corrected chi connectivity index (χ0v) is 21.6. The van der Waals surface area contributed by atoms with Crippen molar-refractivity contribution >= 4 is 16.7 Å². The molecule has 0 radical (unpaired) electrons. The maximum absolute atomic E-state index is 6.39. The Morgan fingerprint density at radius 1 is 0.944 bits per heavy atom. The molecule has 1 aromatic carbocycles. The summed E-state index contributed by atoms with van der Waals surface area (Å²) < 4.78 is 8.78. The second kappa shape index (κ2) is 8.41. The van der Waals surface area contributed by atoms with Crippen LogP contribution in [0.15, 0.2) is 72.8 Å². The molecule has 4 nitrogen and oxygen atoms in total. The van der Waals surface area contributed by atoms with E-state index in [-0.39, 0.29) is 5.41 Å². The first-order chi connectivity index (χ1) is 17.6. The molecule has 4 aliphatic carbocycles. The first-order valence-electron chi connectivity index (χ1n) is 13.9. The average molecular weight is 480 g/mol. The van der Waals surface area contributed by atoms with Crippen LogP contribution in [0.3, 0.4) is 0 Å². The maximum Gasteiger partial charge on any atom is 0.100 e. The van der Waals surface area contributed by atoms with Crippen molar-refractivity contribution < 1.29 is 4.74 Å². The van der Waals surface area contributed by atoms with Crippen molar-refractivity contribution in [2.45, 2.75) is 71.5 Å². The summed E-state index contributed by atoms with van der Waals surface area (Å²) in [7, 11) is 0. The van der Waals surface area contributed by atoms with Gasteiger partial charge < -0.3 is 9.30 Å². The Balaban J connectivity index is 1.11. The van der Waals surface area contributed by atoms with Crippen LogP contribution >= 0.6 is 0 Å². The van der Waals surface area contributed by atoms with Gasteiger partial charge in [-0.15, -0.1) is 0 Å². The largest absolute Gasteiger partial charge is 0.373 e. The number of pyridine rings is 1. The summed E-state index contributed by atoms with van der Waals surface area (Å²) in [4.78, 5) is 8.85. The number of imidazole rings is 1. The number of para-hydroxylation sites is 2. The van der Waals surface area contributed by atoms with E-state index in [1.807, 2.05) is 12.4 Å². The molecule has 0 saturated heterocycles. The van der Waals surface area contributed by atoms with Gasteiger partial charge in [0.1, 0.15) is 6.33 Å². The Kier molecular flexibility index (Phi) is 5.25. The molecular formula is C32H37N3O. The van der Waals surface area contributed by atoms with Crippen LogP contribution in [0.2, 0.25) is 0 Å². The smallest absolute Gasteiger partial charge is 0.100 e. The number of hydrogen-bond donors (Lipinski definition) is 0. The molecule has 0 amide bonds. The summed E-state index contributed by atoms with van der Waals surface area (Å²) in [6.45, 7) is 5.83. The molecule has 2 heterocycles. The molecule has 2 aromatic heterocycles. The van der Waals surface area contributed by atoms with E-state index in [4.69, 9.17) is 9.72 Å². The van der Waals surface area contributed by atoms with Crippen molar-refractivity contribution in [2.24, 2.45) is 28.6 Å². The normalized spacial score (nSPS) is 35.5. The van der Waals surface area contributed by atoms with Gasteiger partial charge >= 0.3 is 0 Å². The van der Waals surface area contributed by atoms with Crippen LogP contribution in [0.4, 0.5) is 0 Å². The zero-order chi connectivity index (χ0) is 24.3. The lowest BCUT2D eigenvalue weighted by Crippen LogP contribution is -2.50. The molecule has 4 unspecified atom stereocenters. The molecule has 2 saturated carbocycles. The molecule has 0 spiro atoms. The van der Waals surface area contributed by atoms with Gasteiger partial charge in [-0.1, -0.05) is 43.7 Å². The van der Waals surface area contributed by atoms with Gasteiger partial charge in [0.05, 0.1) is 23.7 Å². The van der Waals surface area contributed by atoms with Gasteiger partial charge in [0.15, 0.2) is 0 Å². The van der Waals surface area contributed by atoms with Crippen molar-refractivity contribution in [1.29, 1.82) is 0 Å². The van der Waals surface area contributed by atoms with E-state index in [1.54, 1.807) is 5.57 Å². The lowest BCUT2D eigenvalue weighted by molar-refractivity contribution is -0.0428. The molecule has 6 atom stereocenters. The molecule has 0 bridgehead atoms. The monoisotopic (exact) mass is 479 g/mol. The second-order valence-corrected chi connectivity index (χ2v) is 12.2. The number of allylic oxidation sites excluding steroid dienone is 3. The van der Waals surface area contributed by atoms with Crippen LogP contribution in [0.5, 0.6) is 0 Å². The van der Waals surface area contributed by atoms with Crippen molar-refractivity contribution in [3.63, 3.8) is 0 Å². The lowest BCUT2D eigenvalue weighted by Gasteiger charge is -2.57. The highest BCUT2D eigenvalue weighted by molar-refractivity contribution is 5.80. The molecule has 4 heteroatoms. The molecule has 4 aliphatic rings. The first-order valence-corrected chi connectivity index (χ1v) is 13.9.